The Morgan fingerprint density at radius 3 is 2.52 bits per heavy atom. The quantitative estimate of drug-likeness (QED) is 0.783. The van der Waals surface area contributed by atoms with Gasteiger partial charge in [0.25, 0.3) is 5.91 Å². The molecule has 136 valence electrons. The maximum atomic E-state index is 13.3. The Labute approximate surface area is 148 Å². The van der Waals surface area contributed by atoms with E-state index >= 15 is 0 Å². The average molecular weight is 393 g/mol. The van der Waals surface area contributed by atoms with Gasteiger partial charge in [-0.25, -0.2) is 0 Å². The van der Waals surface area contributed by atoms with Crippen LogP contribution in [0.2, 0.25) is 0 Å². The normalized spacial score (nSPS) is 12.9. The fourth-order valence-electron chi connectivity index (χ4n) is 2.05. The first kappa shape index (κ1) is 19.4. The van der Waals surface area contributed by atoms with Crippen LogP contribution in [0.3, 0.4) is 0 Å². The molecule has 2 aromatic rings. The van der Waals surface area contributed by atoms with Crippen molar-refractivity contribution in [2.75, 3.05) is 17.3 Å². The summed E-state index contributed by atoms with van der Waals surface area (Å²) in [5.41, 5.74) is -1.06. The Morgan fingerprint density at radius 2 is 2.04 bits per heavy atom. The predicted molar refractivity (Wildman–Crippen MR) is 87.2 cm³/mol. The van der Waals surface area contributed by atoms with Crippen molar-refractivity contribution in [2.24, 2.45) is 0 Å². The highest BCUT2D eigenvalue weighted by molar-refractivity contribution is 7.99. The molecule has 1 atom stereocenters. The molecule has 0 aliphatic heterocycles. The zero-order valence-electron chi connectivity index (χ0n) is 13.4. The van der Waals surface area contributed by atoms with Gasteiger partial charge in [0.2, 0.25) is 5.89 Å². The Balaban J connectivity index is 2.55. The van der Waals surface area contributed by atoms with Crippen molar-refractivity contribution in [2.45, 2.75) is 29.8 Å². The fourth-order valence-corrected chi connectivity index (χ4v) is 4.29. The molecule has 2 rings (SSSR count). The van der Waals surface area contributed by atoms with Crippen LogP contribution in [-0.4, -0.2) is 32.3 Å². The van der Waals surface area contributed by atoms with Gasteiger partial charge in [-0.2, -0.15) is 13.2 Å². The number of carbonyl (C=O) groups excluding carboxylic acids is 1. The predicted octanol–water partition coefficient (Wildman–Crippen LogP) is 3.50. The number of rotatable bonds is 5. The van der Waals surface area contributed by atoms with E-state index < -0.39 is 33.3 Å². The molecule has 1 heterocycles. The molecular weight excluding hydrogens is 379 g/mol. The number of aromatic nitrogens is 2. The van der Waals surface area contributed by atoms with E-state index in [-0.39, 0.29) is 28.1 Å². The minimum atomic E-state index is -4.68. The summed E-state index contributed by atoms with van der Waals surface area (Å²) >= 11 is 0.920. The van der Waals surface area contributed by atoms with E-state index in [1.165, 1.54) is 20.1 Å². The van der Waals surface area contributed by atoms with Crippen LogP contribution in [0.25, 0.3) is 0 Å². The van der Waals surface area contributed by atoms with Crippen LogP contribution >= 0.6 is 11.8 Å². The molecule has 1 aromatic carbocycles. The van der Waals surface area contributed by atoms with Gasteiger partial charge in [0.15, 0.2) is 0 Å². The Kier molecular flexibility index (Phi) is 5.88. The smallest absolute Gasteiger partial charge is 0.408 e. The van der Waals surface area contributed by atoms with E-state index in [4.69, 9.17) is 4.42 Å². The molecule has 11 heteroatoms. The number of carbonyl (C=O) groups is 1. The first-order valence-corrected chi connectivity index (χ1v) is 9.51. The maximum absolute atomic E-state index is 13.3. The van der Waals surface area contributed by atoms with E-state index in [0.717, 1.165) is 23.9 Å². The molecule has 1 unspecified atom stereocenters. The van der Waals surface area contributed by atoms with Crippen LogP contribution in [0, 0.1) is 6.92 Å². The zero-order valence-corrected chi connectivity index (χ0v) is 15.1. The summed E-state index contributed by atoms with van der Waals surface area (Å²) in [6, 6.07) is 1.63. The van der Waals surface area contributed by atoms with E-state index in [2.05, 4.69) is 15.5 Å². The molecule has 25 heavy (non-hydrogen) atoms. The van der Waals surface area contributed by atoms with Crippen LogP contribution < -0.4 is 5.32 Å². The Morgan fingerprint density at radius 1 is 1.36 bits per heavy atom. The van der Waals surface area contributed by atoms with Crippen LogP contribution in [0.1, 0.15) is 28.7 Å². The molecule has 0 fully saturated rings. The molecule has 6 nitrogen and oxygen atoms in total. The number of hydrogen-bond acceptors (Lipinski definition) is 6. The lowest BCUT2D eigenvalue weighted by molar-refractivity contribution is -0.140. The first-order valence-electron chi connectivity index (χ1n) is 6.97. The van der Waals surface area contributed by atoms with Crippen LogP contribution in [0.15, 0.2) is 26.3 Å². The van der Waals surface area contributed by atoms with Gasteiger partial charge in [0.1, 0.15) is 0 Å². The molecule has 0 radical (unpaired) electrons. The third kappa shape index (κ3) is 4.21. The van der Waals surface area contributed by atoms with E-state index in [0.29, 0.717) is 0 Å². The van der Waals surface area contributed by atoms with Gasteiger partial charge in [-0.05, 0) is 18.4 Å². The lowest BCUT2D eigenvalue weighted by Gasteiger charge is -2.17. The molecule has 1 N–H and O–H groups in total. The van der Waals surface area contributed by atoms with Gasteiger partial charge >= 0.3 is 12.2 Å². The third-order valence-electron chi connectivity index (χ3n) is 3.10. The van der Waals surface area contributed by atoms with E-state index in [9.17, 15) is 22.2 Å². The highest BCUT2D eigenvalue weighted by Gasteiger charge is 2.37. The summed E-state index contributed by atoms with van der Waals surface area (Å²) in [6.45, 7) is 3.03. The standard InChI is InChI=1S/C14H14F3N3O3S2/c1-4-25(22)11-9(14(15,16)17)6-5-8(10(11)24-3)12(21)18-13-20-19-7(2)23-13/h5-6H,4H2,1-3H3,(H,18,20,21). The van der Waals surface area contributed by atoms with Crippen molar-refractivity contribution in [1.82, 2.24) is 10.2 Å². The van der Waals surface area contributed by atoms with Gasteiger partial charge in [-0.15, -0.1) is 16.9 Å². The van der Waals surface area contributed by atoms with E-state index in [1.54, 1.807) is 0 Å². The first-order chi connectivity index (χ1) is 11.7. The SMILES string of the molecule is CCS(=O)c1c(C(F)(F)F)ccc(C(=O)Nc2nnc(C)o2)c1SC. The second-order valence-electron chi connectivity index (χ2n) is 4.74. The molecule has 0 saturated carbocycles. The lowest BCUT2D eigenvalue weighted by atomic mass is 10.1. The summed E-state index contributed by atoms with van der Waals surface area (Å²) in [4.78, 5) is 12.0. The number of hydrogen-bond donors (Lipinski definition) is 1. The summed E-state index contributed by atoms with van der Waals surface area (Å²) in [7, 11) is -1.90. The van der Waals surface area contributed by atoms with Gasteiger partial charge in [0.05, 0.1) is 26.8 Å². The summed E-state index contributed by atoms with van der Waals surface area (Å²) in [5, 5.41) is 9.47. The van der Waals surface area contributed by atoms with Crippen molar-refractivity contribution in [3.8, 4) is 0 Å². The highest BCUT2D eigenvalue weighted by Crippen LogP contribution is 2.39. The summed E-state index contributed by atoms with van der Waals surface area (Å²) < 4.78 is 57.0. The van der Waals surface area contributed by atoms with E-state index in [1.807, 2.05) is 0 Å². The second-order valence-corrected chi connectivity index (χ2v) is 7.23. The van der Waals surface area contributed by atoms with Crippen molar-refractivity contribution >= 4 is 34.5 Å². The molecule has 0 saturated heterocycles. The topological polar surface area (TPSA) is 85.1 Å². The van der Waals surface area contributed by atoms with Gasteiger partial charge in [0, 0.05) is 17.6 Å². The largest absolute Gasteiger partial charge is 0.417 e. The lowest BCUT2D eigenvalue weighted by Crippen LogP contribution is -2.18. The number of anilines is 1. The molecule has 0 aliphatic rings. The van der Waals surface area contributed by atoms with Crippen LogP contribution in [-0.2, 0) is 17.0 Å². The van der Waals surface area contributed by atoms with Gasteiger partial charge in [-0.1, -0.05) is 12.0 Å². The van der Waals surface area contributed by atoms with Crippen molar-refractivity contribution < 1.29 is 26.6 Å². The van der Waals surface area contributed by atoms with Crippen molar-refractivity contribution in [3.63, 3.8) is 0 Å². The number of thioether (sulfide) groups is 1. The Hall–Kier alpha value is -1.88. The molecule has 0 spiro atoms. The number of nitrogens with one attached hydrogen (secondary N) is 1. The number of nitrogens with zero attached hydrogens (tertiary/aromatic N) is 2. The number of benzene rings is 1. The number of amides is 1. The number of aryl methyl sites for hydroxylation is 1. The highest BCUT2D eigenvalue weighted by atomic mass is 32.2. The zero-order chi connectivity index (χ0) is 18.8. The number of halogens is 3. The summed E-state index contributed by atoms with van der Waals surface area (Å²) in [6.07, 6.45) is -3.16. The average Bonchev–Trinajstić information content (AvgIpc) is 2.96. The molecule has 0 aliphatic carbocycles. The molecular formula is C14H14F3N3O3S2. The second kappa shape index (κ2) is 7.56. The molecule has 1 amide bonds. The van der Waals surface area contributed by atoms with Crippen LogP contribution in [0.5, 0.6) is 0 Å². The van der Waals surface area contributed by atoms with Crippen molar-refractivity contribution in [3.05, 3.63) is 29.2 Å². The molecule has 0 bridgehead atoms. The van der Waals surface area contributed by atoms with Crippen molar-refractivity contribution in [1.29, 1.82) is 0 Å². The summed E-state index contributed by atoms with van der Waals surface area (Å²) in [5.74, 6) is -0.512. The minimum Gasteiger partial charge on any atom is -0.408 e. The van der Waals surface area contributed by atoms with Gasteiger partial charge in [-0.3, -0.25) is 14.3 Å². The minimum absolute atomic E-state index is 0.00347. The van der Waals surface area contributed by atoms with Crippen LogP contribution in [0.4, 0.5) is 19.2 Å². The monoisotopic (exact) mass is 393 g/mol. The maximum Gasteiger partial charge on any atom is 0.417 e. The Bertz CT molecular complexity index is 821. The number of alkyl halides is 3. The van der Waals surface area contributed by atoms with Gasteiger partial charge < -0.3 is 4.42 Å². The fraction of sp³-hybridized carbons (Fsp3) is 0.357. The third-order valence-corrected chi connectivity index (χ3v) is 5.47. The molecule has 1 aromatic heterocycles.